The highest BCUT2D eigenvalue weighted by Crippen LogP contribution is 2.18. The minimum atomic E-state index is -0.826. The second kappa shape index (κ2) is 7.67. The quantitative estimate of drug-likeness (QED) is 0.721. The monoisotopic (exact) mass is 292 g/mol. The van der Waals surface area contributed by atoms with Gasteiger partial charge in [-0.25, -0.2) is 4.79 Å². The molecule has 5 heteroatoms. The maximum Gasteiger partial charge on any atom is 0.319 e. The van der Waals surface area contributed by atoms with Gasteiger partial charge in [-0.15, -0.1) is 0 Å². The van der Waals surface area contributed by atoms with Crippen molar-refractivity contribution in [1.82, 2.24) is 5.32 Å². The van der Waals surface area contributed by atoms with E-state index in [9.17, 15) is 9.59 Å². The molecule has 0 aliphatic rings. The number of anilines is 1. The van der Waals surface area contributed by atoms with E-state index in [2.05, 4.69) is 31.4 Å². The van der Waals surface area contributed by atoms with Gasteiger partial charge < -0.3 is 15.7 Å². The number of carboxylic acids is 1. The smallest absolute Gasteiger partial charge is 0.319 e. The molecule has 0 atom stereocenters. The van der Waals surface area contributed by atoms with Crippen LogP contribution in [0.2, 0.25) is 0 Å². The Morgan fingerprint density at radius 1 is 1.29 bits per heavy atom. The largest absolute Gasteiger partial charge is 0.481 e. The lowest BCUT2D eigenvalue weighted by molar-refractivity contribution is -0.136. The highest BCUT2D eigenvalue weighted by Gasteiger charge is 2.16. The number of carbonyl (C=O) groups is 2. The molecule has 2 amide bonds. The number of aliphatic carboxylic acids is 1. The topological polar surface area (TPSA) is 78.4 Å². The summed E-state index contributed by atoms with van der Waals surface area (Å²) in [5.41, 5.74) is 1.63. The average Bonchev–Trinajstić information content (AvgIpc) is 2.43. The third kappa shape index (κ3) is 6.79. The first-order valence-corrected chi connectivity index (χ1v) is 7.18. The molecule has 3 N–H and O–H groups in total. The molecule has 0 aliphatic heterocycles. The van der Waals surface area contributed by atoms with Crippen molar-refractivity contribution in [2.24, 2.45) is 5.41 Å². The Bertz CT molecular complexity index is 498. The molecule has 1 aromatic rings. The number of nitrogens with one attached hydrogen (secondary N) is 2. The second-order valence-corrected chi connectivity index (χ2v) is 5.92. The van der Waals surface area contributed by atoms with Crippen LogP contribution in [0.5, 0.6) is 0 Å². The lowest BCUT2D eigenvalue weighted by Crippen LogP contribution is -2.36. The van der Waals surface area contributed by atoms with Gasteiger partial charge in [0.2, 0.25) is 0 Å². The Labute approximate surface area is 125 Å². The first kappa shape index (κ1) is 17.0. The summed E-state index contributed by atoms with van der Waals surface area (Å²) in [6.45, 7) is 6.89. The Kier molecular flexibility index (Phi) is 6.21. The Morgan fingerprint density at radius 2 is 2.00 bits per heavy atom. The van der Waals surface area contributed by atoms with Crippen LogP contribution in [0.25, 0.3) is 0 Å². The molecular formula is C16H24N2O3. The van der Waals surface area contributed by atoms with Crippen LogP contribution < -0.4 is 10.6 Å². The number of amides is 2. The zero-order valence-electron chi connectivity index (χ0n) is 12.9. The van der Waals surface area contributed by atoms with Crippen LogP contribution in [0.3, 0.4) is 0 Å². The normalized spacial score (nSPS) is 11.0. The standard InChI is InChI=1S/C16H24N2O3/c1-4-16(2,3)11-17-15(21)18-13-7-5-6-12(10-13)8-9-14(19)20/h5-7,10H,4,8-9,11H2,1-3H3,(H,19,20)(H2,17,18,21). The zero-order chi connectivity index (χ0) is 15.9. The Morgan fingerprint density at radius 3 is 2.62 bits per heavy atom. The predicted molar refractivity (Wildman–Crippen MR) is 83.5 cm³/mol. The summed E-state index contributed by atoms with van der Waals surface area (Å²) in [6.07, 6.45) is 1.52. The molecule has 0 unspecified atom stereocenters. The third-order valence-corrected chi connectivity index (χ3v) is 3.50. The summed E-state index contributed by atoms with van der Waals surface area (Å²) < 4.78 is 0. The van der Waals surface area contributed by atoms with Crippen LogP contribution in [-0.2, 0) is 11.2 Å². The molecule has 0 saturated heterocycles. The average molecular weight is 292 g/mol. The van der Waals surface area contributed by atoms with Crippen molar-refractivity contribution in [3.05, 3.63) is 29.8 Å². The van der Waals surface area contributed by atoms with Crippen LogP contribution in [0.1, 0.15) is 39.2 Å². The lowest BCUT2D eigenvalue weighted by atomic mass is 9.90. The molecule has 0 fully saturated rings. The maximum absolute atomic E-state index is 11.8. The number of carboxylic acid groups (broad SMARTS) is 1. The molecule has 0 bridgehead atoms. The van der Waals surface area contributed by atoms with E-state index in [0.717, 1.165) is 12.0 Å². The molecule has 116 valence electrons. The minimum absolute atomic E-state index is 0.0701. The van der Waals surface area contributed by atoms with Crippen molar-refractivity contribution in [3.63, 3.8) is 0 Å². The van der Waals surface area contributed by atoms with E-state index in [4.69, 9.17) is 5.11 Å². The van der Waals surface area contributed by atoms with Crippen molar-refractivity contribution in [1.29, 1.82) is 0 Å². The van der Waals surface area contributed by atoms with Crippen molar-refractivity contribution < 1.29 is 14.7 Å². The van der Waals surface area contributed by atoms with Gasteiger partial charge in [-0.05, 0) is 36.0 Å². The van der Waals surface area contributed by atoms with Gasteiger partial charge in [-0.3, -0.25) is 4.79 Å². The Balaban J connectivity index is 2.52. The number of rotatable bonds is 7. The van der Waals surface area contributed by atoms with E-state index in [-0.39, 0.29) is 17.9 Å². The van der Waals surface area contributed by atoms with Gasteiger partial charge in [0.1, 0.15) is 0 Å². The first-order valence-electron chi connectivity index (χ1n) is 7.18. The van der Waals surface area contributed by atoms with E-state index in [0.29, 0.717) is 18.7 Å². The van der Waals surface area contributed by atoms with E-state index >= 15 is 0 Å². The fourth-order valence-corrected chi connectivity index (χ4v) is 1.68. The fourth-order valence-electron chi connectivity index (χ4n) is 1.68. The highest BCUT2D eigenvalue weighted by atomic mass is 16.4. The van der Waals surface area contributed by atoms with Crippen molar-refractivity contribution in [2.45, 2.75) is 40.0 Å². The summed E-state index contributed by atoms with van der Waals surface area (Å²) >= 11 is 0. The number of carbonyl (C=O) groups excluding carboxylic acids is 1. The second-order valence-electron chi connectivity index (χ2n) is 5.92. The number of benzene rings is 1. The predicted octanol–water partition coefficient (Wildman–Crippen LogP) is 3.26. The van der Waals surface area contributed by atoms with Gasteiger partial charge in [0, 0.05) is 18.7 Å². The van der Waals surface area contributed by atoms with Crippen molar-refractivity contribution in [3.8, 4) is 0 Å². The number of urea groups is 1. The molecule has 0 spiro atoms. The fraction of sp³-hybridized carbons (Fsp3) is 0.500. The zero-order valence-corrected chi connectivity index (χ0v) is 12.9. The van der Waals surface area contributed by atoms with Crippen LogP contribution >= 0.6 is 0 Å². The molecule has 0 saturated carbocycles. The molecule has 0 aliphatic carbocycles. The SMILES string of the molecule is CCC(C)(C)CNC(=O)Nc1cccc(CCC(=O)O)c1. The van der Waals surface area contributed by atoms with Crippen LogP contribution in [-0.4, -0.2) is 23.7 Å². The van der Waals surface area contributed by atoms with Gasteiger partial charge in [0.05, 0.1) is 0 Å². The maximum atomic E-state index is 11.8. The molecule has 1 aromatic carbocycles. The summed E-state index contributed by atoms with van der Waals surface area (Å²) in [7, 11) is 0. The lowest BCUT2D eigenvalue weighted by Gasteiger charge is -2.22. The van der Waals surface area contributed by atoms with Gasteiger partial charge >= 0.3 is 12.0 Å². The van der Waals surface area contributed by atoms with E-state index in [1.807, 2.05) is 12.1 Å². The minimum Gasteiger partial charge on any atom is -0.481 e. The third-order valence-electron chi connectivity index (χ3n) is 3.50. The number of aryl methyl sites for hydroxylation is 1. The van der Waals surface area contributed by atoms with Gasteiger partial charge in [0.25, 0.3) is 0 Å². The Hall–Kier alpha value is -2.04. The van der Waals surface area contributed by atoms with E-state index in [1.54, 1.807) is 12.1 Å². The number of hydrogen-bond donors (Lipinski definition) is 3. The van der Waals surface area contributed by atoms with Crippen molar-refractivity contribution in [2.75, 3.05) is 11.9 Å². The molecule has 0 heterocycles. The van der Waals surface area contributed by atoms with E-state index in [1.165, 1.54) is 0 Å². The molecule has 0 radical (unpaired) electrons. The van der Waals surface area contributed by atoms with E-state index < -0.39 is 5.97 Å². The highest BCUT2D eigenvalue weighted by molar-refractivity contribution is 5.89. The molecule has 1 rings (SSSR count). The first-order chi connectivity index (χ1) is 9.82. The summed E-state index contributed by atoms with van der Waals surface area (Å²) in [5, 5.41) is 14.3. The molecule has 5 nitrogen and oxygen atoms in total. The summed E-state index contributed by atoms with van der Waals surface area (Å²) in [5.74, 6) is -0.826. The molecule has 0 aromatic heterocycles. The van der Waals surface area contributed by atoms with Gasteiger partial charge in [-0.1, -0.05) is 32.9 Å². The van der Waals surface area contributed by atoms with Crippen LogP contribution in [0, 0.1) is 5.41 Å². The van der Waals surface area contributed by atoms with Crippen LogP contribution in [0.15, 0.2) is 24.3 Å². The molecule has 21 heavy (non-hydrogen) atoms. The van der Waals surface area contributed by atoms with Gasteiger partial charge in [-0.2, -0.15) is 0 Å². The molecular weight excluding hydrogens is 268 g/mol. The van der Waals surface area contributed by atoms with Gasteiger partial charge in [0.15, 0.2) is 0 Å². The van der Waals surface area contributed by atoms with Crippen LogP contribution in [0.4, 0.5) is 10.5 Å². The summed E-state index contributed by atoms with van der Waals surface area (Å²) in [4.78, 5) is 22.4. The van der Waals surface area contributed by atoms with Crippen molar-refractivity contribution >= 4 is 17.7 Å². The number of hydrogen-bond acceptors (Lipinski definition) is 2. The summed E-state index contributed by atoms with van der Waals surface area (Å²) in [6, 6.07) is 7.00.